The van der Waals surface area contributed by atoms with Crippen molar-refractivity contribution in [3.8, 4) is 0 Å². The number of aryl methyl sites for hydroxylation is 1. The number of anilines is 1. The van der Waals surface area contributed by atoms with Crippen molar-refractivity contribution in [2.75, 3.05) is 5.32 Å². The van der Waals surface area contributed by atoms with Crippen LogP contribution in [0.2, 0.25) is 5.15 Å². The van der Waals surface area contributed by atoms with Gasteiger partial charge in [-0.1, -0.05) is 41.9 Å². The molecule has 1 aromatic heterocycles. The van der Waals surface area contributed by atoms with Crippen molar-refractivity contribution in [1.82, 2.24) is 9.78 Å². The Labute approximate surface area is 185 Å². The van der Waals surface area contributed by atoms with Crippen LogP contribution in [0, 0.1) is 6.92 Å². The lowest BCUT2D eigenvalue weighted by molar-refractivity contribution is -0.123. The lowest BCUT2D eigenvalue weighted by atomic mass is 10.1. The Morgan fingerprint density at radius 1 is 1.10 bits per heavy atom. The number of rotatable bonds is 7. The van der Waals surface area contributed by atoms with E-state index in [4.69, 9.17) is 16.3 Å². The van der Waals surface area contributed by atoms with Crippen LogP contribution in [0.15, 0.2) is 54.6 Å². The Morgan fingerprint density at radius 2 is 1.74 bits per heavy atom. The summed E-state index contributed by atoms with van der Waals surface area (Å²) in [5.41, 5.74) is 2.55. The molecule has 0 radical (unpaired) electrons. The lowest BCUT2D eigenvalue weighted by Gasteiger charge is -2.13. The smallest absolute Gasteiger partial charge is 0.343 e. The average molecular weight is 440 g/mol. The maximum absolute atomic E-state index is 12.7. The standard InChI is InChI=1S/C23H22ClN3O4/c1-14-20(21(24)27(26-14)13-17-7-5-4-6-8-17)23(30)31-16(3)22(29)25-19-11-9-18(10-12-19)15(2)28/h4-12,16H,13H2,1-3H3,(H,25,29)/t16-/m1/s1. The van der Waals surface area contributed by atoms with Crippen molar-refractivity contribution in [3.63, 3.8) is 0 Å². The number of hydrogen-bond acceptors (Lipinski definition) is 5. The molecule has 0 fully saturated rings. The van der Waals surface area contributed by atoms with Crippen LogP contribution in [0.25, 0.3) is 0 Å². The molecule has 7 nitrogen and oxygen atoms in total. The number of nitrogens with one attached hydrogen (secondary N) is 1. The van der Waals surface area contributed by atoms with Crippen molar-refractivity contribution in [2.24, 2.45) is 0 Å². The first-order chi connectivity index (χ1) is 14.8. The summed E-state index contributed by atoms with van der Waals surface area (Å²) in [5, 5.41) is 7.13. The second-order valence-corrected chi connectivity index (χ2v) is 7.42. The minimum atomic E-state index is -1.06. The Balaban J connectivity index is 1.66. The molecule has 8 heteroatoms. The number of ketones is 1. The zero-order valence-electron chi connectivity index (χ0n) is 17.4. The van der Waals surface area contributed by atoms with Crippen LogP contribution < -0.4 is 5.32 Å². The van der Waals surface area contributed by atoms with E-state index in [0.29, 0.717) is 23.5 Å². The van der Waals surface area contributed by atoms with Crippen LogP contribution in [-0.4, -0.2) is 33.5 Å². The topological polar surface area (TPSA) is 90.3 Å². The summed E-state index contributed by atoms with van der Waals surface area (Å²) in [6.45, 7) is 4.99. The summed E-state index contributed by atoms with van der Waals surface area (Å²) >= 11 is 6.38. The number of esters is 1. The van der Waals surface area contributed by atoms with E-state index in [1.54, 1.807) is 31.2 Å². The fourth-order valence-electron chi connectivity index (χ4n) is 2.95. The van der Waals surface area contributed by atoms with Gasteiger partial charge in [-0.15, -0.1) is 0 Å². The number of carbonyl (C=O) groups is 3. The van der Waals surface area contributed by atoms with E-state index < -0.39 is 18.0 Å². The van der Waals surface area contributed by atoms with Crippen LogP contribution >= 0.6 is 11.6 Å². The van der Waals surface area contributed by atoms with Gasteiger partial charge in [-0.3, -0.25) is 9.59 Å². The number of ether oxygens (including phenoxy) is 1. The molecule has 1 heterocycles. The lowest BCUT2D eigenvalue weighted by Crippen LogP contribution is -2.30. The predicted octanol–water partition coefficient (Wildman–Crippen LogP) is 4.28. The fourth-order valence-corrected chi connectivity index (χ4v) is 3.26. The highest BCUT2D eigenvalue weighted by Crippen LogP contribution is 2.22. The molecule has 3 aromatic rings. The minimum Gasteiger partial charge on any atom is -0.449 e. The largest absolute Gasteiger partial charge is 0.449 e. The molecular formula is C23H22ClN3O4. The molecule has 1 atom stereocenters. The molecule has 2 aromatic carbocycles. The predicted molar refractivity (Wildman–Crippen MR) is 117 cm³/mol. The number of Topliss-reactive ketones (excluding diaryl/α,β-unsaturated/α-hetero) is 1. The second-order valence-electron chi connectivity index (χ2n) is 7.06. The number of hydrogen-bond donors (Lipinski definition) is 1. The zero-order chi connectivity index (χ0) is 22.5. The van der Waals surface area contributed by atoms with Crippen molar-refractivity contribution in [2.45, 2.75) is 33.4 Å². The third-order valence-corrected chi connectivity index (χ3v) is 5.04. The monoisotopic (exact) mass is 439 g/mol. The van der Waals surface area contributed by atoms with E-state index >= 15 is 0 Å². The Morgan fingerprint density at radius 3 is 2.35 bits per heavy atom. The van der Waals surface area contributed by atoms with E-state index in [0.717, 1.165) is 5.56 Å². The summed E-state index contributed by atoms with van der Waals surface area (Å²) in [6.07, 6.45) is -1.06. The van der Waals surface area contributed by atoms with E-state index in [1.807, 2.05) is 30.3 Å². The van der Waals surface area contributed by atoms with Crippen LogP contribution in [-0.2, 0) is 16.1 Å². The summed E-state index contributed by atoms with van der Waals surface area (Å²) in [4.78, 5) is 36.4. The molecule has 0 spiro atoms. The fraction of sp³-hybridized carbons (Fsp3) is 0.217. The van der Waals surface area contributed by atoms with Crippen LogP contribution in [0.1, 0.15) is 45.8 Å². The zero-order valence-corrected chi connectivity index (χ0v) is 18.1. The first-order valence-electron chi connectivity index (χ1n) is 9.66. The van der Waals surface area contributed by atoms with Crippen molar-refractivity contribution >= 4 is 34.9 Å². The number of amides is 1. The van der Waals surface area contributed by atoms with Crippen LogP contribution in [0.5, 0.6) is 0 Å². The molecule has 0 saturated heterocycles. The van der Waals surface area contributed by atoms with Gasteiger partial charge >= 0.3 is 5.97 Å². The van der Waals surface area contributed by atoms with E-state index in [9.17, 15) is 14.4 Å². The van der Waals surface area contributed by atoms with Gasteiger partial charge in [-0.25, -0.2) is 9.48 Å². The summed E-state index contributed by atoms with van der Waals surface area (Å²) in [6, 6.07) is 16.0. The number of nitrogens with zero attached hydrogens (tertiary/aromatic N) is 2. The van der Waals surface area contributed by atoms with Crippen molar-refractivity contribution < 1.29 is 19.1 Å². The average Bonchev–Trinajstić information content (AvgIpc) is 3.02. The molecule has 0 unspecified atom stereocenters. The first kappa shape index (κ1) is 22.2. The molecule has 0 aliphatic carbocycles. The van der Waals surface area contributed by atoms with Gasteiger partial charge in [-0.2, -0.15) is 5.10 Å². The van der Waals surface area contributed by atoms with Gasteiger partial charge in [0.1, 0.15) is 10.7 Å². The van der Waals surface area contributed by atoms with E-state index in [-0.39, 0.29) is 16.5 Å². The number of benzene rings is 2. The van der Waals surface area contributed by atoms with Crippen LogP contribution in [0.3, 0.4) is 0 Å². The van der Waals surface area contributed by atoms with Gasteiger partial charge in [0.25, 0.3) is 5.91 Å². The number of aromatic nitrogens is 2. The third kappa shape index (κ3) is 5.38. The van der Waals surface area contributed by atoms with Gasteiger partial charge in [0, 0.05) is 11.3 Å². The van der Waals surface area contributed by atoms with Crippen molar-refractivity contribution in [3.05, 3.63) is 82.1 Å². The quantitative estimate of drug-likeness (QED) is 0.438. The third-order valence-electron chi connectivity index (χ3n) is 4.66. The molecule has 31 heavy (non-hydrogen) atoms. The Hall–Kier alpha value is -3.45. The Kier molecular flexibility index (Phi) is 6.87. The van der Waals surface area contributed by atoms with Crippen molar-refractivity contribution in [1.29, 1.82) is 0 Å². The number of carbonyl (C=O) groups excluding carboxylic acids is 3. The molecular weight excluding hydrogens is 418 g/mol. The van der Waals surface area contributed by atoms with Gasteiger partial charge in [-0.05, 0) is 50.6 Å². The van der Waals surface area contributed by atoms with Gasteiger partial charge < -0.3 is 10.1 Å². The highest BCUT2D eigenvalue weighted by Gasteiger charge is 2.26. The maximum atomic E-state index is 12.7. The highest BCUT2D eigenvalue weighted by atomic mass is 35.5. The van der Waals surface area contributed by atoms with E-state index in [2.05, 4.69) is 10.4 Å². The molecule has 1 amide bonds. The molecule has 0 aliphatic rings. The van der Waals surface area contributed by atoms with E-state index in [1.165, 1.54) is 18.5 Å². The summed E-state index contributed by atoms with van der Waals surface area (Å²) in [7, 11) is 0. The van der Waals surface area contributed by atoms with Crippen LogP contribution in [0.4, 0.5) is 5.69 Å². The highest BCUT2D eigenvalue weighted by molar-refractivity contribution is 6.32. The van der Waals surface area contributed by atoms with Gasteiger partial charge in [0.05, 0.1) is 12.2 Å². The summed E-state index contributed by atoms with van der Waals surface area (Å²) < 4.78 is 6.83. The number of halogens is 1. The molecule has 1 N–H and O–H groups in total. The molecule has 160 valence electrons. The SMILES string of the molecule is CC(=O)c1ccc(NC(=O)[C@@H](C)OC(=O)c2c(C)nn(Cc3ccccc3)c2Cl)cc1. The normalized spacial score (nSPS) is 11.6. The minimum absolute atomic E-state index is 0.0692. The second kappa shape index (κ2) is 9.57. The first-order valence-corrected chi connectivity index (χ1v) is 10.0. The maximum Gasteiger partial charge on any atom is 0.343 e. The Bertz CT molecular complexity index is 1110. The van der Waals surface area contributed by atoms with Gasteiger partial charge in [0.2, 0.25) is 0 Å². The molecule has 0 bridgehead atoms. The molecule has 0 saturated carbocycles. The van der Waals surface area contributed by atoms with Gasteiger partial charge in [0.15, 0.2) is 11.9 Å². The molecule has 3 rings (SSSR count). The summed E-state index contributed by atoms with van der Waals surface area (Å²) in [5.74, 6) is -1.30. The molecule has 0 aliphatic heterocycles.